The zero-order chi connectivity index (χ0) is 13.2. The summed E-state index contributed by atoms with van der Waals surface area (Å²) < 4.78 is 5.31. The van der Waals surface area contributed by atoms with E-state index in [1.807, 2.05) is 0 Å². The minimum Gasteiger partial charge on any atom is -0.396 e. The fraction of sp³-hybridized carbons (Fsp3) is 1.00. The Morgan fingerprint density at radius 1 is 1.33 bits per heavy atom. The summed E-state index contributed by atoms with van der Waals surface area (Å²) in [7, 11) is 1.65. The van der Waals surface area contributed by atoms with Crippen LogP contribution in [0.3, 0.4) is 0 Å². The van der Waals surface area contributed by atoms with Crippen molar-refractivity contribution in [3.63, 3.8) is 0 Å². The van der Waals surface area contributed by atoms with Gasteiger partial charge in [0.1, 0.15) is 0 Å². The second kappa shape index (κ2) is 3.71. The summed E-state index contributed by atoms with van der Waals surface area (Å²) in [6, 6.07) is 0. The van der Waals surface area contributed by atoms with Crippen molar-refractivity contribution in [2.45, 2.75) is 45.1 Å². The van der Waals surface area contributed by atoms with Gasteiger partial charge in [-0.1, -0.05) is 26.7 Å². The molecule has 3 saturated carbocycles. The smallest absolute Gasteiger partial charge is 0.0991 e. The molecule has 3 fully saturated rings. The predicted molar refractivity (Wildman–Crippen MR) is 69.1 cm³/mol. The lowest BCUT2D eigenvalue weighted by Gasteiger charge is -2.48. The Labute approximate surface area is 110 Å². The molecule has 18 heavy (non-hydrogen) atoms. The molecular weight excluding hydrogens is 228 g/mol. The normalized spacial score (nSPS) is 58.2. The first-order valence-corrected chi connectivity index (χ1v) is 7.27. The van der Waals surface area contributed by atoms with Gasteiger partial charge in [0.05, 0.1) is 12.2 Å². The molecule has 6 atom stereocenters. The van der Waals surface area contributed by atoms with E-state index < -0.39 is 5.60 Å². The van der Waals surface area contributed by atoms with Crippen LogP contribution in [0.1, 0.15) is 39.5 Å². The molecule has 3 nitrogen and oxygen atoms in total. The molecule has 0 aliphatic heterocycles. The van der Waals surface area contributed by atoms with Crippen molar-refractivity contribution in [3.05, 3.63) is 0 Å². The number of aliphatic hydroxyl groups excluding tert-OH is 1. The van der Waals surface area contributed by atoms with E-state index in [4.69, 9.17) is 4.74 Å². The predicted octanol–water partition coefficient (Wildman–Crippen LogP) is 1.82. The van der Waals surface area contributed by atoms with Crippen molar-refractivity contribution in [1.29, 1.82) is 0 Å². The van der Waals surface area contributed by atoms with Gasteiger partial charge in [-0.2, -0.15) is 0 Å². The van der Waals surface area contributed by atoms with Gasteiger partial charge in [-0.15, -0.1) is 0 Å². The Bertz CT molecular complexity index is 358. The summed E-state index contributed by atoms with van der Waals surface area (Å²) in [6.07, 6.45) is 4.83. The van der Waals surface area contributed by atoms with E-state index in [0.29, 0.717) is 18.4 Å². The van der Waals surface area contributed by atoms with Gasteiger partial charge in [0.2, 0.25) is 0 Å². The molecule has 3 rings (SSSR count). The molecule has 3 aliphatic carbocycles. The second-order valence-corrected chi connectivity index (χ2v) is 7.28. The fourth-order valence-corrected chi connectivity index (χ4v) is 6.13. The van der Waals surface area contributed by atoms with E-state index in [2.05, 4.69) is 13.8 Å². The fourth-order valence-electron chi connectivity index (χ4n) is 6.13. The number of aliphatic hydroxyl groups is 2. The Hall–Kier alpha value is -0.120. The first-order valence-electron chi connectivity index (χ1n) is 7.27. The maximum atomic E-state index is 11.2. The Morgan fingerprint density at radius 2 is 2.06 bits per heavy atom. The van der Waals surface area contributed by atoms with Crippen LogP contribution in [0.2, 0.25) is 0 Å². The average Bonchev–Trinajstić information content (AvgIpc) is 2.54. The highest BCUT2D eigenvalue weighted by molar-refractivity contribution is 5.25. The summed E-state index contributed by atoms with van der Waals surface area (Å²) in [5.74, 6) is 1.16. The number of hydrogen-bond donors (Lipinski definition) is 2. The van der Waals surface area contributed by atoms with E-state index >= 15 is 0 Å². The second-order valence-electron chi connectivity index (χ2n) is 7.28. The van der Waals surface area contributed by atoms with Gasteiger partial charge in [0.15, 0.2) is 0 Å². The van der Waals surface area contributed by atoms with Gasteiger partial charge in [-0.25, -0.2) is 0 Å². The summed E-state index contributed by atoms with van der Waals surface area (Å²) in [4.78, 5) is 0. The molecule has 3 heteroatoms. The van der Waals surface area contributed by atoms with Crippen LogP contribution < -0.4 is 0 Å². The van der Waals surface area contributed by atoms with Gasteiger partial charge in [0.25, 0.3) is 0 Å². The van der Waals surface area contributed by atoms with Crippen molar-refractivity contribution in [2.24, 2.45) is 28.6 Å². The molecule has 0 aromatic carbocycles. The molecule has 4 bridgehead atoms. The largest absolute Gasteiger partial charge is 0.396 e. The molecule has 0 spiro atoms. The third kappa shape index (κ3) is 1.13. The first kappa shape index (κ1) is 12.9. The Kier molecular flexibility index (Phi) is 2.66. The van der Waals surface area contributed by atoms with Crippen LogP contribution in [0.4, 0.5) is 0 Å². The molecule has 0 saturated heterocycles. The number of hydrogen-bond acceptors (Lipinski definition) is 3. The van der Waals surface area contributed by atoms with Gasteiger partial charge < -0.3 is 14.9 Å². The van der Waals surface area contributed by atoms with Crippen LogP contribution in [0, 0.1) is 28.6 Å². The maximum absolute atomic E-state index is 11.2. The average molecular weight is 254 g/mol. The summed E-state index contributed by atoms with van der Waals surface area (Å²) in [5.41, 5.74) is -0.775. The highest BCUT2D eigenvalue weighted by atomic mass is 16.5. The van der Waals surface area contributed by atoms with Gasteiger partial charge in [-0.3, -0.25) is 0 Å². The third-order valence-corrected chi connectivity index (χ3v) is 7.01. The number of methoxy groups -OCH3 is 1. The minimum atomic E-state index is -0.850. The summed E-state index contributed by atoms with van der Waals surface area (Å²) in [6.45, 7) is 5.02. The van der Waals surface area contributed by atoms with E-state index in [1.165, 1.54) is 19.3 Å². The minimum absolute atomic E-state index is 0.00787. The van der Waals surface area contributed by atoms with Crippen molar-refractivity contribution in [3.8, 4) is 0 Å². The lowest BCUT2D eigenvalue weighted by atomic mass is 9.62. The molecule has 104 valence electrons. The van der Waals surface area contributed by atoms with Crippen LogP contribution in [-0.2, 0) is 4.74 Å². The summed E-state index contributed by atoms with van der Waals surface area (Å²) in [5, 5.41) is 21.0. The van der Waals surface area contributed by atoms with Crippen LogP contribution in [0.5, 0.6) is 0 Å². The quantitative estimate of drug-likeness (QED) is 0.807. The van der Waals surface area contributed by atoms with Gasteiger partial charge in [0, 0.05) is 25.0 Å². The number of rotatable bonds is 3. The van der Waals surface area contributed by atoms with E-state index in [-0.39, 0.29) is 23.4 Å². The molecule has 0 aromatic rings. The molecule has 2 N–H and O–H groups in total. The van der Waals surface area contributed by atoms with Gasteiger partial charge in [-0.05, 0) is 30.1 Å². The molecule has 0 radical (unpaired) electrons. The van der Waals surface area contributed by atoms with Crippen molar-refractivity contribution >= 4 is 0 Å². The molecule has 3 aliphatic rings. The van der Waals surface area contributed by atoms with Crippen LogP contribution in [0.25, 0.3) is 0 Å². The molecule has 0 heterocycles. The first-order chi connectivity index (χ1) is 8.44. The Morgan fingerprint density at radius 3 is 2.67 bits per heavy atom. The standard InChI is InChI=1S/C15H26O3/c1-13-6-4-5-10-7-14(13,2)15(17,9-18-3)11(8-16)12(10)13/h10-12,16-17H,4-9H2,1-3H3. The molecular formula is C15H26O3. The van der Waals surface area contributed by atoms with Gasteiger partial charge >= 0.3 is 0 Å². The lowest BCUT2D eigenvalue weighted by Crippen LogP contribution is -2.56. The molecule has 6 unspecified atom stereocenters. The van der Waals surface area contributed by atoms with Crippen molar-refractivity contribution in [2.75, 3.05) is 20.3 Å². The van der Waals surface area contributed by atoms with Crippen molar-refractivity contribution < 1.29 is 14.9 Å². The van der Waals surface area contributed by atoms with Crippen molar-refractivity contribution in [1.82, 2.24) is 0 Å². The lowest BCUT2D eigenvalue weighted by molar-refractivity contribution is -0.165. The summed E-state index contributed by atoms with van der Waals surface area (Å²) >= 11 is 0. The topological polar surface area (TPSA) is 49.7 Å². The highest BCUT2D eigenvalue weighted by Gasteiger charge is 2.77. The van der Waals surface area contributed by atoms with Crippen LogP contribution in [-0.4, -0.2) is 36.1 Å². The Balaban J connectivity index is 2.10. The molecule has 0 amide bonds. The zero-order valence-electron chi connectivity index (χ0n) is 11.8. The van der Waals surface area contributed by atoms with E-state index in [1.54, 1.807) is 7.11 Å². The molecule has 0 aromatic heterocycles. The maximum Gasteiger partial charge on any atom is 0.0991 e. The third-order valence-electron chi connectivity index (χ3n) is 7.01. The SMILES string of the molecule is COCC1(O)C(CO)C2C3CCCC2(C)C1(C)C3. The van der Waals surface area contributed by atoms with E-state index in [9.17, 15) is 10.2 Å². The van der Waals surface area contributed by atoms with Crippen LogP contribution in [0.15, 0.2) is 0 Å². The zero-order valence-corrected chi connectivity index (χ0v) is 11.8. The van der Waals surface area contributed by atoms with Crippen LogP contribution >= 0.6 is 0 Å². The highest BCUT2D eigenvalue weighted by Crippen LogP contribution is 2.77. The number of ether oxygens (including phenoxy) is 1. The van der Waals surface area contributed by atoms with E-state index in [0.717, 1.165) is 6.42 Å². The monoisotopic (exact) mass is 254 g/mol.